The third-order valence-corrected chi connectivity index (χ3v) is 3.37. The van der Waals surface area contributed by atoms with Crippen molar-refractivity contribution in [3.05, 3.63) is 24.0 Å². The summed E-state index contributed by atoms with van der Waals surface area (Å²) in [6, 6.07) is 4.93. The lowest BCUT2D eigenvalue weighted by atomic mass is 9.90. The number of carbonyl (C=O) groups excluding carboxylic acids is 1. The highest BCUT2D eigenvalue weighted by atomic mass is 19.1. The number of anilines is 2. The summed E-state index contributed by atoms with van der Waals surface area (Å²) in [6.45, 7) is 0.348. The van der Waals surface area contributed by atoms with Gasteiger partial charge in [0.05, 0.1) is 17.9 Å². The molecule has 4 heteroatoms. The van der Waals surface area contributed by atoms with Gasteiger partial charge in [0.2, 0.25) is 5.91 Å². The molecule has 1 aromatic rings. The smallest absolute Gasteiger partial charge is 0.243 e. The summed E-state index contributed by atoms with van der Waals surface area (Å²) in [5.74, 6) is -0.259. The van der Waals surface area contributed by atoms with Crippen LogP contribution in [-0.2, 0) is 4.79 Å². The molecule has 0 saturated heterocycles. The molecule has 1 fully saturated rings. The molecule has 16 heavy (non-hydrogen) atoms. The van der Waals surface area contributed by atoms with Crippen molar-refractivity contribution in [1.29, 1.82) is 0 Å². The van der Waals surface area contributed by atoms with Gasteiger partial charge >= 0.3 is 0 Å². The van der Waals surface area contributed by atoms with E-state index in [0.717, 1.165) is 24.2 Å². The molecule has 1 amide bonds. The van der Waals surface area contributed by atoms with Gasteiger partial charge in [-0.15, -0.1) is 0 Å². The molecule has 0 radical (unpaired) electrons. The van der Waals surface area contributed by atoms with Crippen LogP contribution in [0, 0.1) is 5.82 Å². The van der Waals surface area contributed by atoms with Crippen LogP contribution in [0.1, 0.15) is 19.3 Å². The van der Waals surface area contributed by atoms with E-state index in [1.807, 2.05) is 4.90 Å². The Morgan fingerprint density at radius 1 is 1.38 bits per heavy atom. The number of halogens is 1. The Bertz CT molecular complexity index is 443. The third-order valence-electron chi connectivity index (χ3n) is 3.37. The fourth-order valence-corrected chi connectivity index (χ4v) is 2.30. The molecule has 0 spiro atoms. The van der Waals surface area contributed by atoms with Crippen LogP contribution in [0.15, 0.2) is 18.2 Å². The van der Waals surface area contributed by atoms with Crippen LogP contribution in [0.3, 0.4) is 0 Å². The normalized spacial score (nSPS) is 20.1. The van der Waals surface area contributed by atoms with Gasteiger partial charge < -0.3 is 10.2 Å². The molecular weight excluding hydrogens is 207 g/mol. The molecule has 1 saturated carbocycles. The largest absolute Gasteiger partial charge is 0.357 e. The third kappa shape index (κ3) is 1.45. The van der Waals surface area contributed by atoms with E-state index in [4.69, 9.17) is 0 Å². The van der Waals surface area contributed by atoms with Crippen LogP contribution in [0.25, 0.3) is 0 Å². The van der Waals surface area contributed by atoms with Crippen molar-refractivity contribution in [1.82, 2.24) is 0 Å². The average Bonchev–Trinajstić information content (AvgIpc) is 2.16. The van der Waals surface area contributed by atoms with E-state index in [1.165, 1.54) is 18.6 Å². The van der Waals surface area contributed by atoms with Gasteiger partial charge in [-0.25, -0.2) is 4.39 Å². The number of hydrogen-bond acceptors (Lipinski definition) is 2. The highest BCUT2D eigenvalue weighted by Crippen LogP contribution is 2.36. The summed E-state index contributed by atoms with van der Waals surface area (Å²) in [4.78, 5) is 13.5. The first kappa shape index (κ1) is 9.63. The fourth-order valence-electron chi connectivity index (χ4n) is 2.30. The van der Waals surface area contributed by atoms with E-state index in [2.05, 4.69) is 5.32 Å². The second kappa shape index (κ2) is 3.47. The van der Waals surface area contributed by atoms with Crippen LogP contribution in [0.5, 0.6) is 0 Å². The van der Waals surface area contributed by atoms with Crippen LogP contribution >= 0.6 is 0 Å². The van der Waals surface area contributed by atoms with Crippen LogP contribution in [0.2, 0.25) is 0 Å². The Hall–Kier alpha value is -1.58. The number of carbonyl (C=O) groups is 1. The number of nitrogens with one attached hydrogen (secondary N) is 1. The van der Waals surface area contributed by atoms with Crippen molar-refractivity contribution in [3.63, 3.8) is 0 Å². The van der Waals surface area contributed by atoms with Gasteiger partial charge in [0.25, 0.3) is 0 Å². The van der Waals surface area contributed by atoms with Crippen molar-refractivity contribution >= 4 is 17.3 Å². The Morgan fingerprint density at radius 3 is 2.88 bits per heavy atom. The van der Waals surface area contributed by atoms with Gasteiger partial charge in [-0.3, -0.25) is 4.79 Å². The minimum absolute atomic E-state index is 0.00833. The van der Waals surface area contributed by atoms with Crippen LogP contribution in [0.4, 0.5) is 15.8 Å². The lowest BCUT2D eigenvalue weighted by Gasteiger charge is -2.41. The summed E-state index contributed by atoms with van der Waals surface area (Å²) in [5.41, 5.74) is 1.55. The molecule has 1 aromatic carbocycles. The standard InChI is InChI=1S/C12H13FN2O/c13-8-4-5-10-11(6-8)15(7-12(16)14-10)9-2-1-3-9/h4-6,9H,1-3,7H2,(H,14,16). The molecule has 1 aliphatic carbocycles. The predicted molar refractivity (Wildman–Crippen MR) is 60.0 cm³/mol. The Balaban J connectivity index is 2.01. The van der Waals surface area contributed by atoms with Gasteiger partial charge in [-0.2, -0.15) is 0 Å². The monoisotopic (exact) mass is 220 g/mol. The van der Waals surface area contributed by atoms with Crippen molar-refractivity contribution < 1.29 is 9.18 Å². The minimum atomic E-state index is -0.251. The molecular formula is C12H13FN2O. The van der Waals surface area contributed by atoms with Gasteiger partial charge in [0.15, 0.2) is 0 Å². The summed E-state index contributed by atoms with van der Waals surface area (Å²) in [5, 5.41) is 2.77. The second-order valence-electron chi connectivity index (χ2n) is 4.42. The van der Waals surface area contributed by atoms with E-state index in [0.29, 0.717) is 12.6 Å². The quantitative estimate of drug-likeness (QED) is 0.786. The van der Waals surface area contributed by atoms with Crippen molar-refractivity contribution in [2.45, 2.75) is 25.3 Å². The van der Waals surface area contributed by atoms with Crippen LogP contribution in [-0.4, -0.2) is 18.5 Å². The summed E-state index contributed by atoms with van der Waals surface area (Å²) in [7, 11) is 0. The lowest BCUT2D eigenvalue weighted by molar-refractivity contribution is -0.115. The Morgan fingerprint density at radius 2 is 2.19 bits per heavy atom. The molecule has 3 rings (SSSR count). The SMILES string of the molecule is O=C1CN(C2CCC2)c2cc(F)ccc2N1. The molecule has 2 aliphatic rings. The summed E-state index contributed by atoms with van der Waals surface area (Å²) in [6.07, 6.45) is 3.40. The van der Waals surface area contributed by atoms with E-state index >= 15 is 0 Å². The second-order valence-corrected chi connectivity index (χ2v) is 4.42. The number of fused-ring (bicyclic) bond motifs is 1. The van der Waals surface area contributed by atoms with Crippen molar-refractivity contribution in [2.75, 3.05) is 16.8 Å². The van der Waals surface area contributed by atoms with Gasteiger partial charge in [0, 0.05) is 6.04 Å². The van der Waals surface area contributed by atoms with Gasteiger partial charge in [-0.05, 0) is 37.5 Å². The maximum Gasteiger partial charge on any atom is 0.243 e. The lowest BCUT2D eigenvalue weighted by Crippen LogP contribution is -2.47. The topological polar surface area (TPSA) is 32.3 Å². The zero-order valence-corrected chi connectivity index (χ0v) is 8.87. The molecule has 0 unspecified atom stereocenters. The maximum atomic E-state index is 13.2. The van der Waals surface area contributed by atoms with Gasteiger partial charge in [0.1, 0.15) is 5.82 Å². The number of benzene rings is 1. The Kier molecular flexibility index (Phi) is 2.09. The van der Waals surface area contributed by atoms with Crippen molar-refractivity contribution in [3.8, 4) is 0 Å². The number of nitrogens with zero attached hydrogens (tertiary/aromatic N) is 1. The zero-order chi connectivity index (χ0) is 11.1. The molecule has 1 heterocycles. The predicted octanol–water partition coefficient (Wildman–Crippen LogP) is 2.14. The molecule has 1 aliphatic heterocycles. The van der Waals surface area contributed by atoms with E-state index in [9.17, 15) is 9.18 Å². The fraction of sp³-hybridized carbons (Fsp3) is 0.417. The van der Waals surface area contributed by atoms with E-state index < -0.39 is 0 Å². The highest BCUT2D eigenvalue weighted by molar-refractivity contribution is 6.01. The van der Waals surface area contributed by atoms with Crippen molar-refractivity contribution in [2.24, 2.45) is 0 Å². The number of amides is 1. The first-order chi connectivity index (χ1) is 7.74. The molecule has 0 atom stereocenters. The van der Waals surface area contributed by atoms with Gasteiger partial charge in [-0.1, -0.05) is 0 Å². The van der Waals surface area contributed by atoms with E-state index in [1.54, 1.807) is 6.07 Å². The van der Waals surface area contributed by atoms with E-state index in [-0.39, 0.29) is 11.7 Å². The highest BCUT2D eigenvalue weighted by Gasteiger charge is 2.31. The first-order valence-corrected chi connectivity index (χ1v) is 5.60. The molecule has 0 aromatic heterocycles. The summed E-state index contributed by atoms with van der Waals surface area (Å²) >= 11 is 0. The number of rotatable bonds is 1. The van der Waals surface area contributed by atoms with Crippen LogP contribution < -0.4 is 10.2 Å². The molecule has 1 N–H and O–H groups in total. The Labute approximate surface area is 93.2 Å². The zero-order valence-electron chi connectivity index (χ0n) is 8.87. The maximum absolute atomic E-state index is 13.2. The number of hydrogen-bond donors (Lipinski definition) is 1. The minimum Gasteiger partial charge on any atom is -0.357 e. The average molecular weight is 220 g/mol. The molecule has 3 nitrogen and oxygen atoms in total. The molecule has 84 valence electrons. The molecule has 0 bridgehead atoms. The first-order valence-electron chi connectivity index (χ1n) is 5.60. The summed E-state index contributed by atoms with van der Waals surface area (Å²) < 4.78 is 13.2.